The molecule has 0 unspecified atom stereocenters. The summed E-state index contributed by atoms with van der Waals surface area (Å²) in [6.45, 7) is 0. The molecule has 3 N–H and O–H groups in total. The van der Waals surface area contributed by atoms with Gasteiger partial charge in [0.25, 0.3) is 0 Å². The molecule has 0 aliphatic heterocycles. The highest BCUT2D eigenvalue weighted by Crippen LogP contribution is 2.30. The first kappa shape index (κ1) is 9.88. The number of H-pyrrole nitrogens is 1. The Balaban J connectivity index is 1.84. The Kier molecular flexibility index (Phi) is 2.79. The van der Waals surface area contributed by atoms with E-state index in [0.717, 1.165) is 31.5 Å². The number of rotatable bonds is 2. The van der Waals surface area contributed by atoms with Crippen molar-refractivity contribution >= 4 is 6.09 Å². The zero-order valence-corrected chi connectivity index (χ0v) is 8.18. The van der Waals surface area contributed by atoms with Gasteiger partial charge >= 0.3 is 6.09 Å². The van der Waals surface area contributed by atoms with Crippen molar-refractivity contribution in [2.24, 2.45) is 0 Å². The fourth-order valence-electron chi connectivity index (χ4n) is 2.03. The van der Waals surface area contributed by atoms with Crippen LogP contribution < -0.4 is 5.32 Å². The summed E-state index contributed by atoms with van der Waals surface area (Å²) in [6, 6.07) is 0.0784. The van der Waals surface area contributed by atoms with E-state index in [-0.39, 0.29) is 6.04 Å². The number of hydrogen-bond donors (Lipinski definition) is 3. The van der Waals surface area contributed by atoms with Crippen molar-refractivity contribution in [1.82, 2.24) is 25.9 Å². The number of carboxylic acid groups (broad SMARTS) is 1. The largest absolute Gasteiger partial charge is 0.465 e. The third-order valence-electron chi connectivity index (χ3n) is 2.80. The Labute approximate surface area is 86.3 Å². The molecule has 1 aliphatic rings. The predicted octanol–water partition coefficient (Wildman–Crippen LogP) is 0.493. The maximum Gasteiger partial charge on any atom is 0.404 e. The van der Waals surface area contributed by atoms with E-state index in [1.807, 2.05) is 0 Å². The van der Waals surface area contributed by atoms with Gasteiger partial charge < -0.3 is 10.4 Å². The summed E-state index contributed by atoms with van der Waals surface area (Å²) in [4.78, 5) is 10.4. The van der Waals surface area contributed by atoms with Crippen molar-refractivity contribution < 1.29 is 9.90 Å². The van der Waals surface area contributed by atoms with Gasteiger partial charge in [0.05, 0.1) is 0 Å². The van der Waals surface area contributed by atoms with E-state index in [2.05, 4.69) is 25.9 Å². The number of hydrogen-bond acceptors (Lipinski definition) is 4. The van der Waals surface area contributed by atoms with Crippen LogP contribution in [0.1, 0.15) is 37.4 Å². The lowest BCUT2D eigenvalue weighted by Crippen LogP contribution is -2.36. The van der Waals surface area contributed by atoms with Gasteiger partial charge in [0, 0.05) is 12.0 Å². The van der Waals surface area contributed by atoms with Crippen LogP contribution in [-0.4, -0.2) is 37.9 Å². The van der Waals surface area contributed by atoms with Crippen LogP contribution in [0.2, 0.25) is 0 Å². The molecular weight excluding hydrogens is 198 g/mol. The van der Waals surface area contributed by atoms with E-state index in [1.165, 1.54) is 0 Å². The van der Waals surface area contributed by atoms with Gasteiger partial charge in [-0.2, -0.15) is 0 Å². The first-order chi connectivity index (χ1) is 7.25. The van der Waals surface area contributed by atoms with Crippen LogP contribution in [0.5, 0.6) is 0 Å². The summed E-state index contributed by atoms with van der Waals surface area (Å²) < 4.78 is 0. The van der Waals surface area contributed by atoms with Gasteiger partial charge in [-0.05, 0) is 36.1 Å². The van der Waals surface area contributed by atoms with Gasteiger partial charge in [-0.15, -0.1) is 5.10 Å². The number of nitrogens with zero attached hydrogens (tertiary/aromatic N) is 3. The molecule has 1 heterocycles. The third-order valence-corrected chi connectivity index (χ3v) is 2.80. The average molecular weight is 211 g/mol. The molecule has 0 radical (unpaired) electrons. The lowest BCUT2D eigenvalue weighted by molar-refractivity contribution is 0.184. The fourth-order valence-corrected chi connectivity index (χ4v) is 2.03. The van der Waals surface area contributed by atoms with Crippen LogP contribution >= 0.6 is 0 Å². The Morgan fingerprint density at radius 2 is 2.13 bits per heavy atom. The van der Waals surface area contributed by atoms with Crippen LogP contribution in [0.4, 0.5) is 4.79 Å². The first-order valence-corrected chi connectivity index (χ1v) is 4.99. The molecule has 0 atom stereocenters. The predicted molar refractivity (Wildman–Crippen MR) is 50.3 cm³/mol. The van der Waals surface area contributed by atoms with Crippen molar-refractivity contribution in [2.75, 3.05) is 0 Å². The minimum atomic E-state index is -0.945. The minimum Gasteiger partial charge on any atom is -0.465 e. The molecule has 0 spiro atoms. The second-order valence-electron chi connectivity index (χ2n) is 3.78. The molecule has 1 aromatic rings. The smallest absolute Gasteiger partial charge is 0.404 e. The summed E-state index contributed by atoms with van der Waals surface area (Å²) in [7, 11) is 0. The standard InChI is InChI=1S/C8H13N5O2/c14-8(15)9-6-3-1-5(2-4-6)7-10-12-13-11-7/h5-6,9H,1-4H2,(H,14,15)(H,10,11,12,13). The topological polar surface area (TPSA) is 104 Å². The monoisotopic (exact) mass is 211 g/mol. The highest BCUT2D eigenvalue weighted by molar-refractivity contribution is 5.64. The zero-order chi connectivity index (χ0) is 10.7. The van der Waals surface area contributed by atoms with Crippen molar-refractivity contribution in [3.63, 3.8) is 0 Å². The normalized spacial score (nSPS) is 26.1. The lowest BCUT2D eigenvalue weighted by atomic mass is 9.86. The Bertz CT molecular complexity index is 318. The van der Waals surface area contributed by atoms with Crippen LogP contribution in [0, 0.1) is 0 Å². The molecule has 1 amide bonds. The number of amides is 1. The average Bonchev–Trinajstić information content (AvgIpc) is 2.71. The molecular formula is C8H13N5O2. The molecule has 7 heteroatoms. The molecule has 2 rings (SSSR count). The maximum absolute atomic E-state index is 10.4. The first-order valence-electron chi connectivity index (χ1n) is 4.99. The zero-order valence-electron chi connectivity index (χ0n) is 8.18. The van der Waals surface area contributed by atoms with Crippen molar-refractivity contribution in [3.8, 4) is 0 Å². The molecule has 82 valence electrons. The fraction of sp³-hybridized carbons (Fsp3) is 0.750. The van der Waals surface area contributed by atoms with Gasteiger partial charge in [-0.25, -0.2) is 9.89 Å². The summed E-state index contributed by atoms with van der Waals surface area (Å²) in [5, 5.41) is 24.8. The number of carbonyl (C=O) groups is 1. The summed E-state index contributed by atoms with van der Waals surface area (Å²) in [5.41, 5.74) is 0. The second-order valence-corrected chi connectivity index (χ2v) is 3.78. The van der Waals surface area contributed by atoms with Gasteiger partial charge in [0.1, 0.15) is 0 Å². The molecule has 1 saturated carbocycles. The van der Waals surface area contributed by atoms with Crippen LogP contribution in [-0.2, 0) is 0 Å². The van der Waals surface area contributed by atoms with Gasteiger partial charge in [0.15, 0.2) is 5.82 Å². The SMILES string of the molecule is O=C(O)NC1CCC(c2nnn[nH]2)CC1. The van der Waals surface area contributed by atoms with Gasteiger partial charge in [-0.1, -0.05) is 0 Å². The molecule has 0 bridgehead atoms. The number of nitrogens with one attached hydrogen (secondary N) is 2. The molecule has 15 heavy (non-hydrogen) atoms. The van der Waals surface area contributed by atoms with Crippen molar-refractivity contribution in [1.29, 1.82) is 0 Å². The summed E-state index contributed by atoms with van der Waals surface area (Å²) in [5.74, 6) is 1.15. The van der Waals surface area contributed by atoms with Crippen LogP contribution in [0.3, 0.4) is 0 Å². The highest BCUT2D eigenvalue weighted by atomic mass is 16.4. The van der Waals surface area contributed by atoms with E-state index in [1.54, 1.807) is 0 Å². The third kappa shape index (κ3) is 2.42. The van der Waals surface area contributed by atoms with Gasteiger partial charge in [-0.3, -0.25) is 0 Å². The minimum absolute atomic E-state index is 0.0784. The molecule has 7 nitrogen and oxygen atoms in total. The summed E-state index contributed by atoms with van der Waals surface area (Å²) >= 11 is 0. The summed E-state index contributed by atoms with van der Waals surface area (Å²) in [6.07, 6.45) is 2.58. The van der Waals surface area contributed by atoms with E-state index < -0.39 is 6.09 Å². The van der Waals surface area contributed by atoms with E-state index in [0.29, 0.717) is 5.92 Å². The van der Waals surface area contributed by atoms with E-state index in [4.69, 9.17) is 5.11 Å². The van der Waals surface area contributed by atoms with Crippen molar-refractivity contribution in [2.45, 2.75) is 37.6 Å². The van der Waals surface area contributed by atoms with E-state index >= 15 is 0 Å². The molecule has 0 saturated heterocycles. The molecule has 1 aliphatic carbocycles. The quantitative estimate of drug-likeness (QED) is 0.660. The van der Waals surface area contributed by atoms with Crippen LogP contribution in [0.15, 0.2) is 0 Å². The van der Waals surface area contributed by atoms with Crippen LogP contribution in [0.25, 0.3) is 0 Å². The second kappa shape index (κ2) is 4.24. The van der Waals surface area contributed by atoms with E-state index in [9.17, 15) is 4.79 Å². The number of tetrazole rings is 1. The van der Waals surface area contributed by atoms with Gasteiger partial charge in [0.2, 0.25) is 0 Å². The number of aromatic nitrogens is 4. The lowest BCUT2D eigenvalue weighted by Gasteiger charge is -2.26. The Morgan fingerprint density at radius 3 is 2.67 bits per heavy atom. The maximum atomic E-state index is 10.4. The molecule has 1 fully saturated rings. The molecule has 0 aromatic carbocycles. The number of aromatic amines is 1. The highest BCUT2D eigenvalue weighted by Gasteiger charge is 2.25. The Morgan fingerprint density at radius 1 is 1.40 bits per heavy atom. The Hall–Kier alpha value is -1.66. The van der Waals surface area contributed by atoms with Crippen molar-refractivity contribution in [3.05, 3.63) is 5.82 Å². The molecule has 1 aromatic heterocycles.